The van der Waals surface area contributed by atoms with E-state index in [9.17, 15) is 0 Å². The molecule has 0 radical (unpaired) electrons. The standard InChI is InChI=1S/C9H9ClN4OS2/c10-8-7-9(12-3-11-8)14(4-13-7)5-2-16-6(1-15)17-5/h3-6,15H,1-2H2. The fraction of sp³-hybridized carbons (Fsp3) is 0.444. The summed E-state index contributed by atoms with van der Waals surface area (Å²) in [7, 11) is 0. The molecule has 17 heavy (non-hydrogen) atoms. The second-order valence-corrected chi connectivity index (χ2v) is 6.80. The molecule has 0 aromatic carbocycles. The number of aromatic nitrogens is 4. The molecule has 1 fully saturated rings. The summed E-state index contributed by atoms with van der Waals surface area (Å²) in [6.45, 7) is 0.189. The zero-order valence-corrected chi connectivity index (χ0v) is 11.0. The maximum absolute atomic E-state index is 9.13. The minimum Gasteiger partial charge on any atom is -0.394 e. The van der Waals surface area contributed by atoms with Crippen molar-refractivity contribution in [3.05, 3.63) is 17.8 Å². The largest absolute Gasteiger partial charge is 0.394 e. The number of fused-ring (bicyclic) bond motifs is 1. The molecule has 3 rings (SSSR count). The molecule has 1 saturated heterocycles. The normalized spacial score (nSPS) is 24.6. The molecule has 2 aromatic heterocycles. The van der Waals surface area contributed by atoms with Crippen LogP contribution in [0.25, 0.3) is 11.2 Å². The molecule has 0 spiro atoms. The van der Waals surface area contributed by atoms with Crippen LogP contribution >= 0.6 is 35.1 Å². The monoisotopic (exact) mass is 288 g/mol. The Morgan fingerprint density at radius 2 is 2.35 bits per heavy atom. The first-order valence-corrected chi connectivity index (χ1v) is 7.37. The van der Waals surface area contributed by atoms with E-state index in [2.05, 4.69) is 15.0 Å². The van der Waals surface area contributed by atoms with E-state index in [0.29, 0.717) is 10.7 Å². The van der Waals surface area contributed by atoms with Crippen molar-refractivity contribution < 1.29 is 5.11 Å². The molecule has 2 aromatic rings. The van der Waals surface area contributed by atoms with E-state index in [0.717, 1.165) is 11.4 Å². The van der Waals surface area contributed by atoms with Crippen molar-refractivity contribution in [3.63, 3.8) is 0 Å². The van der Waals surface area contributed by atoms with Crippen LogP contribution in [0.1, 0.15) is 5.37 Å². The van der Waals surface area contributed by atoms with Gasteiger partial charge < -0.3 is 9.67 Å². The number of hydrogen-bond acceptors (Lipinski definition) is 6. The van der Waals surface area contributed by atoms with Crippen LogP contribution in [0.15, 0.2) is 12.7 Å². The van der Waals surface area contributed by atoms with Crippen LogP contribution in [0.2, 0.25) is 5.15 Å². The van der Waals surface area contributed by atoms with Crippen molar-refractivity contribution in [1.82, 2.24) is 19.5 Å². The minimum absolute atomic E-state index is 0.189. The summed E-state index contributed by atoms with van der Waals surface area (Å²) in [5.41, 5.74) is 1.38. The van der Waals surface area contributed by atoms with Crippen LogP contribution in [0.4, 0.5) is 0 Å². The summed E-state index contributed by atoms with van der Waals surface area (Å²) in [6, 6.07) is 0. The summed E-state index contributed by atoms with van der Waals surface area (Å²) in [6.07, 6.45) is 3.18. The van der Waals surface area contributed by atoms with E-state index in [-0.39, 0.29) is 16.6 Å². The Balaban J connectivity index is 1.99. The van der Waals surface area contributed by atoms with Gasteiger partial charge in [-0.05, 0) is 0 Å². The van der Waals surface area contributed by atoms with Gasteiger partial charge >= 0.3 is 0 Å². The van der Waals surface area contributed by atoms with Crippen molar-refractivity contribution in [2.24, 2.45) is 0 Å². The number of nitrogens with zero attached hydrogens (tertiary/aromatic N) is 4. The molecule has 3 heterocycles. The van der Waals surface area contributed by atoms with Gasteiger partial charge in [0.05, 0.1) is 22.9 Å². The number of rotatable bonds is 2. The first kappa shape index (κ1) is 11.6. The maximum atomic E-state index is 9.13. The second-order valence-electron chi connectivity index (χ2n) is 3.52. The first-order valence-electron chi connectivity index (χ1n) is 5.00. The Labute approximate surface area is 111 Å². The Hall–Kier alpha value is -0.500. The maximum Gasteiger partial charge on any atom is 0.165 e. The lowest BCUT2D eigenvalue weighted by Gasteiger charge is -2.10. The quantitative estimate of drug-likeness (QED) is 0.850. The molecular weight excluding hydrogens is 280 g/mol. The predicted octanol–water partition coefficient (Wildman–Crippen LogP) is 1.78. The number of thioether (sulfide) groups is 2. The van der Waals surface area contributed by atoms with Crippen LogP contribution in [-0.2, 0) is 0 Å². The zero-order chi connectivity index (χ0) is 11.8. The van der Waals surface area contributed by atoms with Gasteiger partial charge in [-0.1, -0.05) is 11.6 Å². The van der Waals surface area contributed by atoms with Gasteiger partial charge in [0.15, 0.2) is 10.8 Å². The Bertz CT molecular complexity index is 549. The fourth-order valence-electron chi connectivity index (χ4n) is 1.72. The molecule has 1 aliphatic heterocycles. The lowest BCUT2D eigenvalue weighted by atomic mass is 10.5. The summed E-state index contributed by atoms with van der Waals surface area (Å²) < 4.78 is 2.23. The van der Waals surface area contributed by atoms with Crippen LogP contribution < -0.4 is 0 Å². The Morgan fingerprint density at radius 3 is 3.12 bits per heavy atom. The number of hydrogen-bond donors (Lipinski definition) is 1. The molecule has 0 amide bonds. The Morgan fingerprint density at radius 1 is 1.47 bits per heavy atom. The molecule has 90 valence electrons. The smallest absolute Gasteiger partial charge is 0.165 e. The highest BCUT2D eigenvalue weighted by Gasteiger charge is 2.28. The first-order chi connectivity index (χ1) is 8.29. The highest BCUT2D eigenvalue weighted by atomic mass is 35.5. The third-order valence-corrected chi connectivity index (χ3v) is 5.93. The van der Waals surface area contributed by atoms with Gasteiger partial charge in [0.1, 0.15) is 11.8 Å². The predicted molar refractivity (Wildman–Crippen MR) is 70.3 cm³/mol. The van der Waals surface area contributed by atoms with Gasteiger partial charge in [0, 0.05) is 5.75 Å². The van der Waals surface area contributed by atoms with Gasteiger partial charge in [-0.2, -0.15) is 0 Å². The highest BCUT2D eigenvalue weighted by Crippen LogP contribution is 2.44. The van der Waals surface area contributed by atoms with Gasteiger partial charge in [0.2, 0.25) is 0 Å². The molecular formula is C9H9ClN4OS2. The minimum atomic E-state index is 0.189. The van der Waals surface area contributed by atoms with Crippen molar-refractivity contribution in [2.75, 3.05) is 12.4 Å². The number of aliphatic hydroxyl groups is 1. The number of aliphatic hydroxyl groups excluding tert-OH is 1. The van der Waals surface area contributed by atoms with E-state index in [1.54, 1.807) is 29.9 Å². The van der Waals surface area contributed by atoms with Crippen LogP contribution in [-0.4, -0.2) is 41.6 Å². The highest BCUT2D eigenvalue weighted by molar-refractivity contribution is 8.20. The van der Waals surface area contributed by atoms with Gasteiger partial charge in [-0.3, -0.25) is 0 Å². The molecule has 0 aliphatic carbocycles. The molecule has 2 atom stereocenters. The van der Waals surface area contributed by atoms with E-state index >= 15 is 0 Å². The van der Waals surface area contributed by atoms with Crippen molar-refractivity contribution in [2.45, 2.75) is 9.96 Å². The van der Waals surface area contributed by atoms with E-state index < -0.39 is 0 Å². The molecule has 5 nitrogen and oxygen atoms in total. The third-order valence-electron chi connectivity index (χ3n) is 2.51. The fourth-order valence-corrected chi connectivity index (χ4v) is 4.75. The average molecular weight is 289 g/mol. The molecule has 0 saturated carbocycles. The van der Waals surface area contributed by atoms with E-state index in [1.165, 1.54) is 6.33 Å². The molecule has 1 N–H and O–H groups in total. The van der Waals surface area contributed by atoms with Gasteiger partial charge in [0.25, 0.3) is 0 Å². The average Bonchev–Trinajstić information content (AvgIpc) is 2.94. The third kappa shape index (κ3) is 2.01. The molecule has 0 bridgehead atoms. The number of halogens is 1. The summed E-state index contributed by atoms with van der Waals surface area (Å²) in [4.78, 5) is 12.4. The van der Waals surface area contributed by atoms with Crippen LogP contribution in [0.5, 0.6) is 0 Å². The lowest BCUT2D eigenvalue weighted by molar-refractivity contribution is 0.316. The van der Waals surface area contributed by atoms with Crippen LogP contribution in [0, 0.1) is 0 Å². The zero-order valence-electron chi connectivity index (χ0n) is 8.65. The van der Waals surface area contributed by atoms with E-state index in [4.69, 9.17) is 16.7 Å². The molecule has 8 heteroatoms. The Kier molecular flexibility index (Phi) is 3.16. The van der Waals surface area contributed by atoms with E-state index in [1.807, 2.05) is 4.57 Å². The van der Waals surface area contributed by atoms with Crippen molar-refractivity contribution in [1.29, 1.82) is 0 Å². The van der Waals surface area contributed by atoms with Crippen molar-refractivity contribution >= 4 is 46.3 Å². The van der Waals surface area contributed by atoms with Gasteiger partial charge in [-0.25, -0.2) is 15.0 Å². The summed E-state index contributed by atoms with van der Waals surface area (Å²) >= 11 is 9.42. The number of imidazole rings is 1. The second kappa shape index (κ2) is 4.64. The summed E-state index contributed by atoms with van der Waals surface area (Å²) in [5.74, 6) is 0.934. The van der Waals surface area contributed by atoms with Crippen LogP contribution in [0.3, 0.4) is 0 Å². The SMILES string of the molecule is OCC1SCC(n2cnc3c(Cl)ncnc32)S1. The van der Waals surface area contributed by atoms with Crippen molar-refractivity contribution in [3.8, 4) is 0 Å². The molecule has 1 aliphatic rings. The lowest BCUT2D eigenvalue weighted by Crippen LogP contribution is -2.05. The topological polar surface area (TPSA) is 63.8 Å². The summed E-state index contributed by atoms with van der Waals surface area (Å²) in [5, 5.41) is 9.75. The van der Waals surface area contributed by atoms with Gasteiger partial charge in [-0.15, -0.1) is 23.5 Å². The molecule has 2 unspecified atom stereocenters.